The summed E-state index contributed by atoms with van der Waals surface area (Å²) in [5.41, 5.74) is 1.53. The quantitative estimate of drug-likeness (QED) is 0.196. The van der Waals surface area contributed by atoms with Crippen LogP contribution in [-0.2, 0) is 6.54 Å². The summed E-state index contributed by atoms with van der Waals surface area (Å²) in [4.78, 5) is 19.3. The fourth-order valence-electron chi connectivity index (χ4n) is 5.36. The molecule has 230 valence electrons. The number of pyridine rings is 1. The van der Waals surface area contributed by atoms with Crippen molar-refractivity contribution >= 4 is 22.6 Å². The third kappa shape index (κ3) is 7.11. The van der Waals surface area contributed by atoms with E-state index in [0.717, 1.165) is 31.6 Å². The summed E-state index contributed by atoms with van der Waals surface area (Å²) >= 11 is 0. The predicted molar refractivity (Wildman–Crippen MR) is 162 cm³/mol. The molecule has 3 heterocycles. The molecule has 2 amide bonds. The predicted octanol–water partition coefficient (Wildman–Crippen LogP) is 6.65. The summed E-state index contributed by atoms with van der Waals surface area (Å²) in [6.45, 7) is 4.71. The van der Waals surface area contributed by atoms with E-state index in [9.17, 15) is 9.18 Å². The van der Waals surface area contributed by atoms with Crippen molar-refractivity contribution in [2.75, 3.05) is 44.8 Å². The smallest absolute Gasteiger partial charge is 0.319 e. The van der Waals surface area contributed by atoms with Gasteiger partial charge in [0.25, 0.3) is 0 Å². The Balaban J connectivity index is 1.14. The van der Waals surface area contributed by atoms with Crippen molar-refractivity contribution in [2.45, 2.75) is 32.2 Å². The minimum atomic E-state index is -0.675. The molecule has 0 aliphatic carbocycles. The number of rotatable bonds is 10. The molecule has 0 bridgehead atoms. The largest absolute Gasteiger partial charge is 0.489 e. The molecule has 3 aromatic carbocycles. The van der Waals surface area contributed by atoms with E-state index in [1.807, 2.05) is 0 Å². The molecule has 6 rings (SSSR count). The minimum Gasteiger partial charge on any atom is -0.489 e. The van der Waals surface area contributed by atoms with E-state index in [0.29, 0.717) is 53.7 Å². The SMILES string of the molecule is O=C(NCc1ccc(F)cc1)Nc1ccc(Oc2ccnc3cc(OCCCN4CCCCC4)c4c(c23)OCCO4)c(F)c1. The van der Waals surface area contributed by atoms with E-state index in [4.69, 9.17) is 18.9 Å². The third-order valence-corrected chi connectivity index (χ3v) is 7.54. The van der Waals surface area contributed by atoms with Crippen LogP contribution in [-0.4, -0.2) is 55.4 Å². The maximum absolute atomic E-state index is 15.2. The highest BCUT2D eigenvalue weighted by atomic mass is 19.1. The van der Waals surface area contributed by atoms with Gasteiger partial charge in [0, 0.05) is 37.1 Å². The van der Waals surface area contributed by atoms with Crippen molar-refractivity contribution in [1.82, 2.24) is 15.2 Å². The Morgan fingerprint density at radius 3 is 2.50 bits per heavy atom. The lowest BCUT2D eigenvalue weighted by Crippen LogP contribution is -2.31. The monoisotopic (exact) mass is 604 g/mol. The summed E-state index contributed by atoms with van der Waals surface area (Å²) in [6, 6.07) is 12.8. The van der Waals surface area contributed by atoms with Crippen molar-refractivity contribution in [3.63, 3.8) is 0 Å². The molecule has 9 nitrogen and oxygen atoms in total. The number of nitrogens with one attached hydrogen (secondary N) is 2. The van der Waals surface area contributed by atoms with Gasteiger partial charge in [-0.05, 0) is 68.2 Å². The highest BCUT2D eigenvalue weighted by molar-refractivity contribution is 5.95. The molecular weight excluding hydrogens is 570 g/mol. The van der Waals surface area contributed by atoms with E-state index in [-0.39, 0.29) is 23.8 Å². The number of amides is 2. The number of fused-ring (bicyclic) bond motifs is 3. The number of piperidine rings is 1. The van der Waals surface area contributed by atoms with E-state index in [2.05, 4.69) is 20.5 Å². The van der Waals surface area contributed by atoms with Gasteiger partial charge in [-0.25, -0.2) is 13.6 Å². The molecule has 0 radical (unpaired) electrons. The van der Waals surface area contributed by atoms with Gasteiger partial charge in [0.15, 0.2) is 23.1 Å². The van der Waals surface area contributed by atoms with Crippen LogP contribution in [0.1, 0.15) is 31.2 Å². The van der Waals surface area contributed by atoms with Gasteiger partial charge in [-0.15, -0.1) is 0 Å². The Bertz CT molecular complexity index is 1610. The maximum Gasteiger partial charge on any atom is 0.319 e. The van der Waals surface area contributed by atoms with Gasteiger partial charge in [-0.2, -0.15) is 0 Å². The second kappa shape index (κ2) is 13.8. The van der Waals surface area contributed by atoms with Crippen LogP contribution in [0.2, 0.25) is 0 Å². The molecule has 0 spiro atoms. The van der Waals surface area contributed by atoms with Gasteiger partial charge in [0.05, 0.1) is 17.5 Å². The summed E-state index contributed by atoms with van der Waals surface area (Å²) in [6.07, 6.45) is 6.28. The topological polar surface area (TPSA) is 94.2 Å². The highest BCUT2D eigenvalue weighted by Gasteiger charge is 2.25. The molecule has 0 atom stereocenters. The first-order valence-electron chi connectivity index (χ1n) is 14.9. The standard InChI is InChI=1S/C33H34F2N4O5/c34-23-7-5-22(6-8-23)21-37-33(40)38-24-9-10-27(25(35)19-24)44-28-11-12-36-26-20-29(31-32(30(26)28)43-18-17-42-31)41-16-4-15-39-13-2-1-3-14-39/h5-12,19-20H,1-4,13-18,21H2,(H2,37,38,40). The van der Waals surface area contributed by atoms with Crippen molar-refractivity contribution in [3.05, 3.63) is 78.0 Å². The van der Waals surface area contributed by atoms with E-state index in [1.165, 1.54) is 49.6 Å². The second-order valence-corrected chi connectivity index (χ2v) is 10.7. The van der Waals surface area contributed by atoms with Crippen molar-refractivity contribution < 1.29 is 32.5 Å². The van der Waals surface area contributed by atoms with Gasteiger partial charge >= 0.3 is 6.03 Å². The molecule has 2 aliphatic heterocycles. The molecule has 2 aliphatic rings. The first-order valence-corrected chi connectivity index (χ1v) is 14.9. The van der Waals surface area contributed by atoms with Gasteiger partial charge in [0.2, 0.25) is 5.75 Å². The molecule has 11 heteroatoms. The molecular formula is C33H34F2N4O5. The number of anilines is 1. The number of carbonyl (C=O) groups is 1. The zero-order valence-electron chi connectivity index (χ0n) is 24.2. The summed E-state index contributed by atoms with van der Waals surface area (Å²) in [5.74, 6) is 0.735. The summed E-state index contributed by atoms with van der Waals surface area (Å²) < 4.78 is 52.4. The van der Waals surface area contributed by atoms with Gasteiger partial charge in [-0.1, -0.05) is 18.6 Å². The molecule has 1 aromatic heterocycles. The van der Waals surface area contributed by atoms with Gasteiger partial charge < -0.3 is 34.5 Å². The van der Waals surface area contributed by atoms with Crippen molar-refractivity contribution in [3.8, 4) is 28.7 Å². The molecule has 1 saturated heterocycles. The van der Waals surface area contributed by atoms with Crippen LogP contribution < -0.4 is 29.6 Å². The number of urea groups is 1. The van der Waals surface area contributed by atoms with Gasteiger partial charge in [-0.3, -0.25) is 4.98 Å². The Hall–Kier alpha value is -4.64. The van der Waals surface area contributed by atoms with Crippen LogP contribution in [0.4, 0.5) is 19.3 Å². The van der Waals surface area contributed by atoms with E-state index in [1.54, 1.807) is 30.5 Å². The minimum absolute atomic E-state index is 0.0433. The third-order valence-electron chi connectivity index (χ3n) is 7.54. The molecule has 0 saturated carbocycles. The molecule has 1 fully saturated rings. The second-order valence-electron chi connectivity index (χ2n) is 10.7. The Labute approximate surface area is 254 Å². The van der Waals surface area contributed by atoms with Crippen LogP contribution >= 0.6 is 0 Å². The maximum atomic E-state index is 15.2. The number of hydrogen-bond acceptors (Lipinski definition) is 7. The zero-order valence-corrected chi connectivity index (χ0v) is 24.2. The molecule has 44 heavy (non-hydrogen) atoms. The van der Waals surface area contributed by atoms with E-state index < -0.39 is 11.8 Å². The fraction of sp³-hybridized carbons (Fsp3) is 0.333. The lowest BCUT2D eigenvalue weighted by molar-refractivity contribution is 0.161. The first-order chi connectivity index (χ1) is 21.5. The van der Waals surface area contributed by atoms with Gasteiger partial charge in [0.1, 0.15) is 24.8 Å². The van der Waals surface area contributed by atoms with Crippen molar-refractivity contribution in [1.29, 1.82) is 0 Å². The molecule has 0 unspecified atom stereocenters. The number of hydrogen-bond donors (Lipinski definition) is 2. The number of nitrogens with zero attached hydrogens (tertiary/aromatic N) is 2. The fourth-order valence-corrected chi connectivity index (χ4v) is 5.36. The zero-order chi connectivity index (χ0) is 30.3. The van der Waals surface area contributed by atoms with Crippen LogP contribution in [0, 0.1) is 11.6 Å². The number of ether oxygens (including phenoxy) is 4. The van der Waals surface area contributed by atoms with Crippen LogP contribution in [0.15, 0.2) is 60.8 Å². The Morgan fingerprint density at radius 1 is 0.909 bits per heavy atom. The van der Waals surface area contributed by atoms with Crippen LogP contribution in [0.5, 0.6) is 28.7 Å². The normalized spacial score (nSPS) is 14.7. The van der Waals surface area contributed by atoms with Crippen LogP contribution in [0.3, 0.4) is 0 Å². The lowest BCUT2D eigenvalue weighted by Gasteiger charge is -2.26. The first kappa shape index (κ1) is 29.4. The number of aromatic nitrogens is 1. The number of halogens is 2. The van der Waals surface area contributed by atoms with Crippen LogP contribution in [0.25, 0.3) is 10.9 Å². The Kier molecular flexibility index (Phi) is 9.21. The number of carbonyl (C=O) groups excluding carboxylic acids is 1. The summed E-state index contributed by atoms with van der Waals surface area (Å²) in [7, 11) is 0. The average molecular weight is 605 g/mol. The number of likely N-dealkylation sites (tertiary alicyclic amines) is 1. The number of benzene rings is 3. The van der Waals surface area contributed by atoms with Crippen molar-refractivity contribution in [2.24, 2.45) is 0 Å². The molecule has 2 N–H and O–H groups in total. The van der Waals surface area contributed by atoms with E-state index >= 15 is 4.39 Å². The highest BCUT2D eigenvalue weighted by Crippen LogP contribution is 2.48. The Morgan fingerprint density at radius 2 is 1.70 bits per heavy atom. The lowest BCUT2D eigenvalue weighted by atomic mass is 10.1. The summed E-state index contributed by atoms with van der Waals surface area (Å²) in [5, 5.41) is 5.79. The average Bonchev–Trinajstić information content (AvgIpc) is 3.04. The molecule has 4 aromatic rings.